The summed E-state index contributed by atoms with van der Waals surface area (Å²) in [4.78, 5) is 26.7. The lowest BCUT2D eigenvalue weighted by molar-refractivity contribution is 0.0968. The van der Waals surface area contributed by atoms with E-state index in [1.165, 1.54) is 11.8 Å². The van der Waals surface area contributed by atoms with Crippen LogP contribution in [0.15, 0.2) is 60.7 Å². The standard InChI is InChI=1S/C20H21NO2S/c22-19(16-7-3-1-4-8-16)12-14-21-13-11-18(15-21)24-20(23)17-9-5-2-6-10-17/h1-10,18H,11-15H2. The highest BCUT2D eigenvalue weighted by atomic mass is 32.2. The van der Waals surface area contributed by atoms with Gasteiger partial charge in [-0.2, -0.15) is 0 Å². The van der Waals surface area contributed by atoms with Gasteiger partial charge in [0, 0.05) is 35.9 Å². The van der Waals surface area contributed by atoms with E-state index in [0.717, 1.165) is 37.2 Å². The van der Waals surface area contributed by atoms with E-state index < -0.39 is 0 Å². The second kappa shape index (κ2) is 8.27. The molecule has 1 heterocycles. The van der Waals surface area contributed by atoms with Gasteiger partial charge in [0.25, 0.3) is 0 Å². The van der Waals surface area contributed by atoms with Gasteiger partial charge in [0.2, 0.25) is 5.12 Å². The molecule has 4 heteroatoms. The number of Topliss-reactive ketones (excluding diaryl/α,β-unsaturated/α-hetero) is 1. The van der Waals surface area contributed by atoms with Crippen LogP contribution >= 0.6 is 11.8 Å². The monoisotopic (exact) mass is 339 g/mol. The molecular weight excluding hydrogens is 318 g/mol. The fourth-order valence-electron chi connectivity index (χ4n) is 2.92. The van der Waals surface area contributed by atoms with Gasteiger partial charge in [-0.3, -0.25) is 9.59 Å². The van der Waals surface area contributed by atoms with E-state index in [4.69, 9.17) is 0 Å². The van der Waals surface area contributed by atoms with Gasteiger partial charge in [0.1, 0.15) is 0 Å². The zero-order chi connectivity index (χ0) is 16.8. The van der Waals surface area contributed by atoms with Gasteiger partial charge in [0.05, 0.1) is 0 Å². The first-order valence-electron chi connectivity index (χ1n) is 8.29. The van der Waals surface area contributed by atoms with Gasteiger partial charge in [-0.15, -0.1) is 0 Å². The highest BCUT2D eigenvalue weighted by Crippen LogP contribution is 2.26. The molecule has 1 atom stereocenters. The summed E-state index contributed by atoms with van der Waals surface area (Å²) < 4.78 is 0. The molecule has 3 nitrogen and oxygen atoms in total. The molecule has 1 saturated heterocycles. The third kappa shape index (κ3) is 4.56. The quantitative estimate of drug-likeness (QED) is 0.748. The average Bonchev–Trinajstić information content (AvgIpc) is 3.08. The molecule has 1 fully saturated rings. The van der Waals surface area contributed by atoms with Crippen LogP contribution in [0.5, 0.6) is 0 Å². The Balaban J connectivity index is 1.44. The third-order valence-corrected chi connectivity index (χ3v) is 5.43. The van der Waals surface area contributed by atoms with Crippen molar-refractivity contribution in [2.24, 2.45) is 0 Å². The maximum Gasteiger partial charge on any atom is 0.219 e. The number of likely N-dealkylation sites (tertiary alicyclic amines) is 1. The Morgan fingerprint density at radius 3 is 2.25 bits per heavy atom. The molecule has 2 aromatic rings. The number of carbonyl (C=O) groups excluding carboxylic acids is 2. The normalized spacial score (nSPS) is 17.8. The molecule has 24 heavy (non-hydrogen) atoms. The lowest BCUT2D eigenvalue weighted by Gasteiger charge is -2.15. The number of nitrogens with zero attached hydrogens (tertiary/aromatic N) is 1. The Morgan fingerprint density at radius 1 is 0.958 bits per heavy atom. The lowest BCUT2D eigenvalue weighted by atomic mass is 10.1. The Bertz CT molecular complexity index is 687. The number of rotatable bonds is 6. The molecule has 0 N–H and O–H groups in total. The van der Waals surface area contributed by atoms with Crippen molar-refractivity contribution in [3.8, 4) is 0 Å². The average molecular weight is 339 g/mol. The third-order valence-electron chi connectivity index (χ3n) is 4.26. The molecule has 0 saturated carbocycles. The Morgan fingerprint density at radius 2 is 1.58 bits per heavy atom. The molecule has 0 bridgehead atoms. The van der Waals surface area contributed by atoms with Gasteiger partial charge < -0.3 is 4.90 Å². The van der Waals surface area contributed by atoms with Crippen molar-refractivity contribution in [1.82, 2.24) is 4.90 Å². The summed E-state index contributed by atoms with van der Waals surface area (Å²) in [5.41, 5.74) is 1.54. The zero-order valence-electron chi connectivity index (χ0n) is 13.6. The minimum Gasteiger partial charge on any atom is -0.302 e. The number of benzene rings is 2. The SMILES string of the molecule is O=C(CCN1CCC(SC(=O)c2ccccc2)C1)c1ccccc1. The second-order valence-corrected chi connectivity index (χ2v) is 7.29. The topological polar surface area (TPSA) is 37.4 Å². The summed E-state index contributed by atoms with van der Waals surface area (Å²) in [6.45, 7) is 2.61. The summed E-state index contributed by atoms with van der Waals surface area (Å²) in [5, 5.41) is 0.465. The number of carbonyl (C=O) groups is 2. The first-order valence-corrected chi connectivity index (χ1v) is 9.17. The molecule has 0 amide bonds. The molecule has 3 rings (SSSR count). The van der Waals surface area contributed by atoms with E-state index in [2.05, 4.69) is 4.90 Å². The first-order chi connectivity index (χ1) is 11.7. The van der Waals surface area contributed by atoms with Gasteiger partial charge in [-0.25, -0.2) is 0 Å². The van der Waals surface area contributed by atoms with Crippen molar-refractivity contribution < 1.29 is 9.59 Å². The largest absolute Gasteiger partial charge is 0.302 e. The summed E-state index contributed by atoms with van der Waals surface area (Å²) in [5.74, 6) is 0.187. The van der Waals surface area contributed by atoms with Crippen LogP contribution in [0.3, 0.4) is 0 Å². The predicted octanol–water partition coefficient (Wildman–Crippen LogP) is 3.91. The van der Waals surface area contributed by atoms with Crippen molar-refractivity contribution in [2.45, 2.75) is 18.1 Å². The summed E-state index contributed by atoms with van der Waals surface area (Å²) in [7, 11) is 0. The van der Waals surface area contributed by atoms with Crippen LogP contribution < -0.4 is 0 Å². The van der Waals surface area contributed by atoms with Crippen LogP contribution in [0, 0.1) is 0 Å². The summed E-state index contributed by atoms with van der Waals surface area (Å²) in [6, 6.07) is 18.9. The number of hydrogen-bond acceptors (Lipinski definition) is 4. The minimum atomic E-state index is 0.141. The van der Waals surface area contributed by atoms with Crippen LogP contribution in [-0.2, 0) is 0 Å². The van der Waals surface area contributed by atoms with Crippen molar-refractivity contribution in [3.63, 3.8) is 0 Å². The number of hydrogen-bond donors (Lipinski definition) is 0. The number of ketones is 1. The molecule has 2 aromatic carbocycles. The molecule has 124 valence electrons. The molecule has 0 radical (unpaired) electrons. The van der Waals surface area contributed by atoms with Crippen LogP contribution in [0.25, 0.3) is 0 Å². The van der Waals surface area contributed by atoms with E-state index in [9.17, 15) is 9.59 Å². The zero-order valence-corrected chi connectivity index (χ0v) is 14.4. The van der Waals surface area contributed by atoms with Crippen LogP contribution in [0.1, 0.15) is 33.6 Å². The van der Waals surface area contributed by atoms with Crippen molar-refractivity contribution in [2.75, 3.05) is 19.6 Å². The van der Waals surface area contributed by atoms with Gasteiger partial charge in [0.15, 0.2) is 5.78 Å². The summed E-state index contributed by atoms with van der Waals surface area (Å²) in [6.07, 6.45) is 1.54. The predicted molar refractivity (Wildman–Crippen MR) is 98.6 cm³/mol. The number of thioether (sulfide) groups is 1. The first kappa shape index (κ1) is 16.9. The van der Waals surface area contributed by atoms with E-state index in [0.29, 0.717) is 11.7 Å². The smallest absolute Gasteiger partial charge is 0.219 e. The molecule has 0 spiro atoms. The Kier molecular flexibility index (Phi) is 5.83. The maximum absolute atomic E-state index is 12.2. The van der Waals surface area contributed by atoms with Crippen molar-refractivity contribution in [1.29, 1.82) is 0 Å². The van der Waals surface area contributed by atoms with Crippen LogP contribution in [-0.4, -0.2) is 40.7 Å². The highest BCUT2D eigenvalue weighted by molar-refractivity contribution is 8.14. The second-order valence-electron chi connectivity index (χ2n) is 6.02. The molecule has 0 aromatic heterocycles. The summed E-state index contributed by atoms with van der Waals surface area (Å²) >= 11 is 1.43. The maximum atomic E-state index is 12.2. The van der Waals surface area contributed by atoms with Crippen molar-refractivity contribution >= 4 is 22.7 Å². The van der Waals surface area contributed by atoms with Crippen LogP contribution in [0.4, 0.5) is 0 Å². The van der Waals surface area contributed by atoms with Crippen LogP contribution in [0.2, 0.25) is 0 Å². The molecule has 1 unspecified atom stereocenters. The van der Waals surface area contributed by atoms with E-state index in [1.807, 2.05) is 60.7 Å². The fraction of sp³-hybridized carbons (Fsp3) is 0.300. The fourth-order valence-corrected chi connectivity index (χ4v) is 4.00. The highest BCUT2D eigenvalue weighted by Gasteiger charge is 2.25. The molecule has 1 aliphatic heterocycles. The molecule has 1 aliphatic rings. The van der Waals surface area contributed by atoms with Crippen molar-refractivity contribution in [3.05, 3.63) is 71.8 Å². The van der Waals surface area contributed by atoms with E-state index in [1.54, 1.807) is 0 Å². The van der Waals surface area contributed by atoms with E-state index >= 15 is 0 Å². The van der Waals surface area contributed by atoms with Gasteiger partial charge in [-0.1, -0.05) is 72.4 Å². The minimum absolute atomic E-state index is 0.141. The van der Waals surface area contributed by atoms with Gasteiger partial charge >= 0.3 is 0 Å². The Hall–Kier alpha value is -1.91. The molecule has 0 aliphatic carbocycles. The Labute approximate surface area is 147 Å². The molecular formula is C20H21NO2S. The van der Waals surface area contributed by atoms with Gasteiger partial charge in [-0.05, 0) is 13.0 Å². The lowest BCUT2D eigenvalue weighted by Crippen LogP contribution is -2.24. The van der Waals surface area contributed by atoms with E-state index in [-0.39, 0.29) is 10.9 Å².